The standard InChI is InChI=1S/C20H26N2O2S/c1-2-14-25-15-19(23)21-10-12-22(13-11-21)20(24)18-9-5-7-16-6-3-4-8-17(16)18/h2,5,7,9H,1,3-4,6,8,10-15H2. The fraction of sp³-hybridized carbons (Fsp3) is 0.500. The van der Waals surface area contributed by atoms with E-state index in [1.807, 2.05) is 28.0 Å². The Balaban J connectivity index is 1.59. The summed E-state index contributed by atoms with van der Waals surface area (Å²) in [5.74, 6) is 1.58. The highest BCUT2D eigenvalue weighted by atomic mass is 32.2. The normalized spacial score (nSPS) is 17.1. The van der Waals surface area contributed by atoms with Crippen LogP contribution in [0.1, 0.15) is 34.3 Å². The van der Waals surface area contributed by atoms with Crippen LogP contribution in [0.3, 0.4) is 0 Å². The molecule has 0 spiro atoms. The van der Waals surface area contributed by atoms with Crippen molar-refractivity contribution in [1.29, 1.82) is 0 Å². The molecule has 1 aliphatic carbocycles. The lowest BCUT2D eigenvalue weighted by atomic mass is 9.88. The van der Waals surface area contributed by atoms with Crippen LogP contribution in [-0.2, 0) is 17.6 Å². The van der Waals surface area contributed by atoms with E-state index in [-0.39, 0.29) is 11.8 Å². The van der Waals surface area contributed by atoms with Gasteiger partial charge in [-0.15, -0.1) is 18.3 Å². The van der Waals surface area contributed by atoms with Crippen molar-refractivity contribution in [3.63, 3.8) is 0 Å². The number of rotatable bonds is 5. The maximum atomic E-state index is 13.0. The zero-order valence-corrected chi connectivity index (χ0v) is 15.5. The molecule has 25 heavy (non-hydrogen) atoms. The van der Waals surface area contributed by atoms with Gasteiger partial charge in [0.05, 0.1) is 5.75 Å². The Kier molecular flexibility index (Phi) is 6.19. The van der Waals surface area contributed by atoms with Gasteiger partial charge >= 0.3 is 0 Å². The van der Waals surface area contributed by atoms with Gasteiger partial charge < -0.3 is 9.80 Å². The van der Waals surface area contributed by atoms with E-state index in [4.69, 9.17) is 0 Å². The van der Waals surface area contributed by atoms with Crippen LogP contribution in [0.5, 0.6) is 0 Å². The molecule has 134 valence electrons. The molecule has 1 aliphatic heterocycles. The third-order valence-electron chi connectivity index (χ3n) is 5.01. The Bertz CT molecular complexity index is 651. The summed E-state index contributed by atoms with van der Waals surface area (Å²) in [6.07, 6.45) is 6.30. The lowest BCUT2D eigenvalue weighted by molar-refractivity contribution is -0.129. The van der Waals surface area contributed by atoms with Crippen molar-refractivity contribution in [2.45, 2.75) is 25.7 Å². The van der Waals surface area contributed by atoms with E-state index in [2.05, 4.69) is 12.6 Å². The summed E-state index contributed by atoms with van der Waals surface area (Å²) in [5.41, 5.74) is 3.46. The fourth-order valence-corrected chi connectivity index (χ4v) is 4.27. The van der Waals surface area contributed by atoms with Crippen LogP contribution in [0.4, 0.5) is 0 Å². The third-order valence-corrected chi connectivity index (χ3v) is 5.93. The van der Waals surface area contributed by atoms with Crippen molar-refractivity contribution in [3.05, 3.63) is 47.5 Å². The summed E-state index contributed by atoms with van der Waals surface area (Å²) in [5, 5.41) is 0. The molecule has 0 aromatic heterocycles. The Morgan fingerprint density at radius 1 is 1.08 bits per heavy atom. The molecule has 1 saturated heterocycles. The summed E-state index contributed by atoms with van der Waals surface area (Å²) < 4.78 is 0. The highest BCUT2D eigenvalue weighted by Gasteiger charge is 2.26. The number of fused-ring (bicyclic) bond motifs is 1. The smallest absolute Gasteiger partial charge is 0.254 e. The molecule has 0 atom stereocenters. The maximum absolute atomic E-state index is 13.0. The predicted molar refractivity (Wildman–Crippen MR) is 103 cm³/mol. The SMILES string of the molecule is C=CCSCC(=O)N1CCN(C(=O)c2cccc3c2CCCC3)CC1. The van der Waals surface area contributed by atoms with Gasteiger partial charge in [-0.2, -0.15) is 0 Å². The lowest BCUT2D eigenvalue weighted by Gasteiger charge is -2.35. The van der Waals surface area contributed by atoms with Gasteiger partial charge in [-0.1, -0.05) is 18.2 Å². The largest absolute Gasteiger partial charge is 0.338 e. The molecular weight excluding hydrogens is 332 g/mol. The van der Waals surface area contributed by atoms with E-state index in [9.17, 15) is 9.59 Å². The van der Waals surface area contributed by atoms with Crippen molar-refractivity contribution in [2.24, 2.45) is 0 Å². The Morgan fingerprint density at radius 3 is 2.56 bits per heavy atom. The summed E-state index contributed by atoms with van der Waals surface area (Å²) in [6.45, 7) is 6.19. The molecule has 5 heteroatoms. The van der Waals surface area contributed by atoms with Gasteiger partial charge in [-0.05, 0) is 42.9 Å². The average Bonchev–Trinajstić information content (AvgIpc) is 2.67. The summed E-state index contributed by atoms with van der Waals surface area (Å²) in [7, 11) is 0. The van der Waals surface area contributed by atoms with Crippen LogP contribution in [0.2, 0.25) is 0 Å². The van der Waals surface area contributed by atoms with E-state index in [0.29, 0.717) is 31.9 Å². The predicted octanol–water partition coefficient (Wildman–Crippen LogP) is 2.77. The van der Waals surface area contributed by atoms with Crippen molar-refractivity contribution >= 4 is 23.6 Å². The minimum Gasteiger partial charge on any atom is -0.338 e. The zero-order valence-electron chi connectivity index (χ0n) is 14.7. The highest BCUT2D eigenvalue weighted by Crippen LogP contribution is 2.25. The molecule has 4 nitrogen and oxygen atoms in total. The Morgan fingerprint density at radius 2 is 1.80 bits per heavy atom. The molecule has 2 aliphatic rings. The van der Waals surface area contributed by atoms with Crippen molar-refractivity contribution < 1.29 is 9.59 Å². The van der Waals surface area contributed by atoms with Gasteiger partial charge in [0.25, 0.3) is 5.91 Å². The Hall–Kier alpha value is -1.75. The molecule has 1 aromatic rings. The van der Waals surface area contributed by atoms with Gasteiger partial charge in [-0.25, -0.2) is 0 Å². The highest BCUT2D eigenvalue weighted by molar-refractivity contribution is 8.00. The van der Waals surface area contributed by atoms with Crippen LogP contribution in [-0.4, -0.2) is 59.3 Å². The number of benzene rings is 1. The summed E-state index contributed by atoms with van der Waals surface area (Å²) in [6, 6.07) is 6.13. The number of amides is 2. The molecule has 1 aromatic carbocycles. The fourth-order valence-electron chi connectivity index (χ4n) is 3.63. The van der Waals surface area contributed by atoms with E-state index in [1.165, 1.54) is 24.0 Å². The van der Waals surface area contributed by atoms with Crippen molar-refractivity contribution in [3.8, 4) is 0 Å². The van der Waals surface area contributed by atoms with E-state index in [1.54, 1.807) is 11.8 Å². The molecule has 0 N–H and O–H groups in total. The Labute approximate surface area is 154 Å². The zero-order chi connectivity index (χ0) is 17.6. The maximum Gasteiger partial charge on any atom is 0.254 e. The summed E-state index contributed by atoms with van der Waals surface area (Å²) >= 11 is 1.58. The molecular formula is C20H26N2O2S. The molecule has 3 rings (SSSR count). The van der Waals surface area contributed by atoms with E-state index in [0.717, 1.165) is 24.2 Å². The first-order valence-electron chi connectivity index (χ1n) is 9.07. The van der Waals surface area contributed by atoms with Crippen LogP contribution in [0, 0.1) is 0 Å². The number of carbonyl (C=O) groups is 2. The number of hydrogen-bond acceptors (Lipinski definition) is 3. The molecule has 0 radical (unpaired) electrons. The number of nitrogens with zero attached hydrogens (tertiary/aromatic N) is 2. The molecule has 2 amide bonds. The second-order valence-electron chi connectivity index (χ2n) is 6.63. The second-order valence-corrected chi connectivity index (χ2v) is 7.66. The minimum absolute atomic E-state index is 0.131. The monoisotopic (exact) mass is 358 g/mol. The second kappa shape index (κ2) is 8.56. The molecule has 0 unspecified atom stereocenters. The van der Waals surface area contributed by atoms with E-state index >= 15 is 0 Å². The number of piperazine rings is 1. The van der Waals surface area contributed by atoms with Gasteiger partial charge in [-0.3, -0.25) is 9.59 Å². The molecule has 0 bridgehead atoms. The van der Waals surface area contributed by atoms with Crippen molar-refractivity contribution in [2.75, 3.05) is 37.7 Å². The van der Waals surface area contributed by atoms with Crippen LogP contribution in [0.25, 0.3) is 0 Å². The lowest BCUT2D eigenvalue weighted by Crippen LogP contribution is -2.51. The van der Waals surface area contributed by atoms with Crippen molar-refractivity contribution in [1.82, 2.24) is 9.80 Å². The number of thioether (sulfide) groups is 1. The van der Waals surface area contributed by atoms with Gasteiger partial charge in [0.2, 0.25) is 5.91 Å². The van der Waals surface area contributed by atoms with Crippen LogP contribution in [0.15, 0.2) is 30.9 Å². The van der Waals surface area contributed by atoms with Gasteiger partial charge in [0.1, 0.15) is 0 Å². The average molecular weight is 359 g/mol. The first-order valence-corrected chi connectivity index (χ1v) is 10.2. The topological polar surface area (TPSA) is 40.6 Å². The molecule has 1 heterocycles. The van der Waals surface area contributed by atoms with Gasteiger partial charge in [0.15, 0.2) is 0 Å². The minimum atomic E-state index is 0.131. The third kappa shape index (κ3) is 4.27. The molecule has 1 fully saturated rings. The number of carbonyl (C=O) groups excluding carboxylic acids is 2. The number of aryl methyl sites for hydroxylation is 1. The first kappa shape index (κ1) is 18.1. The van der Waals surface area contributed by atoms with Crippen LogP contribution < -0.4 is 0 Å². The first-order chi connectivity index (χ1) is 12.2. The summed E-state index contributed by atoms with van der Waals surface area (Å²) in [4.78, 5) is 28.9. The van der Waals surface area contributed by atoms with E-state index < -0.39 is 0 Å². The van der Waals surface area contributed by atoms with Gasteiger partial charge in [0, 0.05) is 37.5 Å². The quantitative estimate of drug-likeness (QED) is 0.600. The number of hydrogen-bond donors (Lipinski definition) is 0. The van der Waals surface area contributed by atoms with Crippen LogP contribution >= 0.6 is 11.8 Å². The molecule has 0 saturated carbocycles.